The van der Waals surface area contributed by atoms with Gasteiger partial charge in [0.15, 0.2) is 0 Å². The van der Waals surface area contributed by atoms with Gasteiger partial charge in [-0.25, -0.2) is 0 Å². The van der Waals surface area contributed by atoms with E-state index in [1.807, 2.05) is 27.7 Å². The molecule has 0 bridgehead atoms. The Bertz CT molecular complexity index is 352. The molecule has 2 heteroatoms. The van der Waals surface area contributed by atoms with E-state index in [0.29, 0.717) is 12.1 Å². The van der Waals surface area contributed by atoms with Crippen LogP contribution in [0.5, 0.6) is 0 Å². The first-order valence-electron chi connectivity index (χ1n) is 8.72. The van der Waals surface area contributed by atoms with Crippen molar-refractivity contribution in [1.29, 1.82) is 0 Å². The number of hydrogen-bond acceptors (Lipinski definition) is 2. The van der Waals surface area contributed by atoms with Gasteiger partial charge >= 0.3 is 0 Å². The minimum absolute atomic E-state index is 0.645. The van der Waals surface area contributed by atoms with Crippen LogP contribution in [0.1, 0.15) is 59.9 Å². The molecule has 1 N–H and O–H groups in total. The van der Waals surface area contributed by atoms with Crippen LogP contribution in [0, 0.1) is 6.92 Å². The number of nitrogens with one attached hydrogen (secondary N) is 1. The van der Waals surface area contributed by atoms with Crippen LogP contribution in [-0.4, -0.2) is 30.1 Å². The van der Waals surface area contributed by atoms with Crippen LogP contribution >= 0.6 is 0 Å². The van der Waals surface area contributed by atoms with E-state index in [1.165, 1.54) is 37.2 Å². The number of anilines is 1. The second-order valence-electron chi connectivity index (χ2n) is 5.42. The summed E-state index contributed by atoms with van der Waals surface area (Å²) in [6.45, 7) is 17.2. The summed E-state index contributed by atoms with van der Waals surface area (Å²) in [5.74, 6) is 0. The maximum absolute atomic E-state index is 3.65. The molecule has 122 valence electrons. The molecule has 0 aliphatic carbocycles. The smallest absolute Gasteiger partial charge is 0.0344 e. The molecule has 1 aromatic carbocycles. The number of rotatable bonds is 3. The minimum Gasteiger partial charge on any atom is -0.382 e. The average Bonchev–Trinajstić information content (AvgIpc) is 2.52. The lowest BCUT2D eigenvalue weighted by molar-refractivity contribution is 0.177. The Labute approximate surface area is 132 Å². The lowest BCUT2D eigenvalue weighted by Crippen LogP contribution is -2.42. The van der Waals surface area contributed by atoms with Gasteiger partial charge in [-0.05, 0) is 51.3 Å². The molecule has 1 heterocycles. The molecular weight excluding hydrogens is 256 g/mol. The van der Waals surface area contributed by atoms with Crippen molar-refractivity contribution in [1.82, 2.24) is 4.90 Å². The summed E-state index contributed by atoms with van der Waals surface area (Å²) in [6.07, 6.45) is 2.51. The van der Waals surface area contributed by atoms with Gasteiger partial charge in [0.2, 0.25) is 0 Å². The molecule has 1 fully saturated rings. The Balaban J connectivity index is 0.000000921. The van der Waals surface area contributed by atoms with Crippen LogP contribution in [-0.2, 0) is 0 Å². The second kappa shape index (κ2) is 11.6. The van der Waals surface area contributed by atoms with Crippen LogP contribution in [0.15, 0.2) is 24.3 Å². The van der Waals surface area contributed by atoms with E-state index in [4.69, 9.17) is 0 Å². The Morgan fingerprint density at radius 1 is 1.05 bits per heavy atom. The molecule has 0 atom stereocenters. The number of nitrogens with zero attached hydrogens (tertiary/aromatic N) is 1. The first-order valence-corrected chi connectivity index (χ1v) is 8.72. The summed E-state index contributed by atoms with van der Waals surface area (Å²) in [5.41, 5.74) is 2.60. The first-order chi connectivity index (χ1) is 10.1. The topological polar surface area (TPSA) is 15.3 Å². The molecule has 1 saturated heterocycles. The van der Waals surface area contributed by atoms with E-state index in [9.17, 15) is 0 Å². The average molecular weight is 293 g/mol. The molecule has 2 nitrogen and oxygen atoms in total. The van der Waals surface area contributed by atoms with Crippen LogP contribution in [0.2, 0.25) is 0 Å². The highest BCUT2D eigenvalue weighted by molar-refractivity contribution is 5.46. The normalized spacial score (nSPS) is 15.6. The fourth-order valence-electron chi connectivity index (χ4n) is 2.53. The Morgan fingerprint density at radius 2 is 1.62 bits per heavy atom. The van der Waals surface area contributed by atoms with Gasteiger partial charge in [0.05, 0.1) is 0 Å². The molecule has 0 unspecified atom stereocenters. The highest BCUT2D eigenvalue weighted by Gasteiger charge is 2.20. The lowest BCUT2D eigenvalue weighted by Gasteiger charge is -2.35. The fraction of sp³-hybridized carbons (Fsp3) is 0.684. The van der Waals surface area contributed by atoms with Crippen LogP contribution in [0.25, 0.3) is 0 Å². The van der Waals surface area contributed by atoms with E-state index in [1.54, 1.807) is 0 Å². The fourth-order valence-corrected chi connectivity index (χ4v) is 2.53. The number of hydrogen-bond donors (Lipinski definition) is 1. The van der Waals surface area contributed by atoms with Gasteiger partial charge in [-0.2, -0.15) is 0 Å². The van der Waals surface area contributed by atoms with Crippen molar-refractivity contribution in [2.45, 2.75) is 73.4 Å². The molecule has 21 heavy (non-hydrogen) atoms. The number of likely N-dealkylation sites (tertiary alicyclic amines) is 1. The van der Waals surface area contributed by atoms with Crippen LogP contribution in [0.3, 0.4) is 0 Å². The van der Waals surface area contributed by atoms with Gasteiger partial charge in [0, 0.05) is 30.9 Å². The third-order valence-corrected chi connectivity index (χ3v) is 3.65. The summed E-state index contributed by atoms with van der Waals surface area (Å²) in [7, 11) is 0. The van der Waals surface area contributed by atoms with Crippen LogP contribution in [0.4, 0.5) is 5.69 Å². The largest absolute Gasteiger partial charge is 0.382 e. The summed E-state index contributed by atoms with van der Waals surface area (Å²) in [4.78, 5) is 2.56. The van der Waals surface area contributed by atoms with Crippen molar-refractivity contribution in [3.63, 3.8) is 0 Å². The second-order valence-corrected chi connectivity index (χ2v) is 5.42. The van der Waals surface area contributed by atoms with Crippen molar-refractivity contribution >= 4 is 5.69 Å². The molecule has 1 aliphatic rings. The predicted molar refractivity (Wildman–Crippen MR) is 97.2 cm³/mol. The molecule has 2 rings (SSSR count). The SMILES string of the molecule is CC.CC.Cc1cccc(NC2CCN(C(C)C)CC2)c1. The number of piperidine rings is 1. The van der Waals surface area contributed by atoms with Gasteiger partial charge in [-0.1, -0.05) is 39.8 Å². The molecule has 0 amide bonds. The highest BCUT2D eigenvalue weighted by Crippen LogP contribution is 2.18. The van der Waals surface area contributed by atoms with E-state index < -0.39 is 0 Å². The molecule has 1 aliphatic heterocycles. The maximum atomic E-state index is 3.65. The lowest BCUT2D eigenvalue weighted by atomic mass is 10.0. The third kappa shape index (κ3) is 7.52. The minimum atomic E-state index is 0.645. The number of aryl methyl sites for hydroxylation is 1. The molecular formula is C19H36N2. The van der Waals surface area contributed by atoms with E-state index >= 15 is 0 Å². The zero-order chi connectivity index (χ0) is 16.3. The molecule has 0 saturated carbocycles. The van der Waals surface area contributed by atoms with Gasteiger partial charge in [-0.3, -0.25) is 0 Å². The highest BCUT2D eigenvalue weighted by atomic mass is 15.2. The first kappa shape index (κ1) is 20.0. The Morgan fingerprint density at radius 3 is 2.10 bits per heavy atom. The van der Waals surface area contributed by atoms with Crippen molar-refractivity contribution in [2.24, 2.45) is 0 Å². The van der Waals surface area contributed by atoms with Gasteiger partial charge < -0.3 is 10.2 Å². The van der Waals surface area contributed by atoms with Crippen molar-refractivity contribution in [3.8, 4) is 0 Å². The summed E-state index contributed by atoms with van der Waals surface area (Å²) in [5, 5.41) is 3.65. The molecule has 0 radical (unpaired) electrons. The Hall–Kier alpha value is -1.02. The van der Waals surface area contributed by atoms with Crippen LogP contribution < -0.4 is 5.32 Å². The molecule has 1 aromatic rings. The quantitative estimate of drug-likeness (QED) is 0.809. The van der Waals surface area contributed by atoms with E-state index in [0.717, 1.165) is 0 Å². The summed E-state index contributed by atoms with van der Waals surface area (Å²) < 4.78 is 0. The number of benzene rings is 1. The summed E-state index contributed by atoms with van der Waals surface area (Å²) in [6, 6.07) is 10.0. The zero-order valence-corrected chi connectivity index (χ0v) is 15.2. The third-order valence-electron chi connectivity index (χ3n) is 3.65. The van der Waals surface area contributed by atoms with Gasteiger partial charge in [0.1, 0.15) is 0 Å². The van der Waals surface area contributed by atoms with Crippen molar-refractivity contribution in [3.05, 3.63) is 29.8 Å². The van der Waals surface area contributed by atoms with Crippen molar-refractivity contribution in [2.75, 3.05) is 18.4 Å². The Kier molecular flexibility index (Phi) is 11.1. The standard InChI is InChI=1S/C15H24N2.2C2H6/c1-12(2)17-9-7-14(8-10-17)16-15-6-4-5-13(3)11-15;2*1-2/h4-6,11-12,14,16H,7-10H2,1-3H3;2*1-2H3. The van der Waals surface area contributed by atoms with Crippen molar-refractivity contribution < 1.29 is 0 Å². The maximum Gasteiger partial charge on any atom is 0.0344 e. The van der Waals surface area contributed by atoms with Gasteiger partial charge in [0.25, 0.3) is 0 Å². The monoisotopic (exact) mass is 292 g/mol. The van der Waals surface area contributed by atoms with E-state index in [2.05, 4.69) is 55.3 Å². The molecule has 0 spiro atoms. The van der Waals surface area contributed by atoms with E-state index in [-0.39, 0.29) is 0 Å². The zero-order valence-electron chi connectivity index (χ0n) is 15.2. The summed E-state index contributed by atoms with van der Waals surface area (Å²) >= 11 is 0. The predicted octanol–water partition coefficient (Wildman–Crippen LogP) is 5.33. The molecule has 0 aromatic heterocycles. The van der Waals surface area contributed by atoms with Gasteiger partial charge in [-0.15, -0.1) is 0 Å².